The third-order valence-corrected chi connectivity index (χ3v) is 6.72. The number of rotatable bonds is 5. The number of aliphatic hydroxyl groups excluding tert-OH is 1. The van der Waals surface area contributed by atoms with Crippen LogP contribution in [0.2, 0.25) is 0 Å². The number of amides is 2. The number of nitrogens with zero attached hydrogens (tertiary/aromatic N) is 2. The third kappa shape index (κ3) is 3.98. The van der Waals surface area contributed by atoms with Crippen molar-refractivity contribution >= 4 is 33.5 Å². The molecular weight excluding hydrogens is 410 g/mol. The lowest BCUT2D eigenvalue weighted by Crippen LogP contribution is -2.41. The summed E-state index contributed by atoms with van der Waals surface area (Å²) in [6, 6.07) is 19.7. The van der Waals surface area contributed by atoms with Crippen molar-refractivity contribution in [3.63, 3.8) is 0 Å². The van der Waals surface area contributed by atoms with E-state index >= 15 is 0 Å². The first kappa shape index (κ1) is 22.9. The molecule has 0 aliphatic rings. The smallest absolute Gasteiger partial charge is 0.321 e. The van der Waals surface area contributed by atoms with Gasteiger partial charge < -0.3 is 19.9 Å². The summed E-state index contributed by atoms with van der Waals surface area (Å²) in [6.45, 7) is 10.4. The Balaban J connectivity index is 1.70. The van der Waals surface area contributed by atoms with Crippen LogP contribution in [0.3, 0.4) is 0 Å². The van der Waals surface area contributed by atoms with Gasteiger partial charge in [-0.15, -0.1) is 0 Å². The van der Waals surface area contributed by atoms with Gasteiger partial charge in [-0.05, 0) is 63.4 Å². The third-order valence-electron chi connectivity index (χ3n) is 6.72. The number of hydrogen-bond donors (Lipinski definition) is 2. The number of aryl methyl sites for hydroxylation is 2. The van der Waals surface area contributed by atoms with Crippen molar-refractivity contribution in [2.45, 2.75) is 52.8 Å². The highest BCUT2D eigenvalue weighted by molar-refractivity contribution is 6.12. The zero-order valence-electron chi connectivity index (χ0n) is 20.3. The number of benzene rings is 3. The summed E-state index contributed by atoms with van der Waals surface area (Å²) in [7, 11) is 1.72. The molecule has 0 spiro atoms. The predicted molar refractivity (Wildman–Crippen MR) is 137 cm³/mol. The summed E-state index contributed by atoms with van der Waals surface area (Å²) < 4.78 is 2.36. The second-order valence-corrected chi connectivity index (χ2v) is 9.21. The summed E-state index contributed by atoms with van der Waals surface area (Å²) in [5, 5.41) is 16.3. The first-order chi connectivity index (χ1) is 15.7. The summed E-state index contributed by atoms with van der Waals surface area (Å²) in [4.78, 5) is 14.8. The van der Waals surface area contributed by atoms with Crippen molar-refractivity contribution in [1.29, 1.82) is 0 Å². The molecule has 3 aromatic carbocycles. The molecule has 2 N–H and O–H groups in total. The fraction of sp³-hybridized carbons (Fsp3) is 0.321. The predicted octanol–water partition coefficient (Wildman–Crippen LogP) is 6.58. The van der Waals surface area contributed by atoms with Crippen LogP contribution < -0.4 is 5.32 Å². The summed E-state index contributed by atoms with van der Waals surface area (Å²) >= 11 is 0. The Hall–Kier alpha value is -3.31. The quantitative estimate of drug-likeness (QED) is 0.366. The molecule has 0 aliphatic heterocycles. The highest BCUT2D eigenvalue weighted by atomic mass is 16.3. The molecule has 0 unspecified atom stereocenters. The van der Waals surface area contributed by atoms with Crippen LogP contribution >= 0.6 is 0 Å². The molecule has 0 saturated heterocycles. The van der Waals surface area contributed by atoms with Gasteiger partial charge in [-0.25, -0.2) is 4.79 Å². The fourth-order valence-electron chi connectivity index (χ4n) is 4.79. The Labute approximate surface area is 195 Å². The monoisotopic (exact) mass is 443 g/mol. The molecule has 2 amide bonds. The second-order valence-electron chi connectivity index (χ2n) is 9.21. The van der Waals surface area contributed by atoms with E-state index in [1.54, 1.807) is 11.9 Å². The Morgan fingerprint density at radius 1 is 0.970 bits per heavy atom. The lowest BCUT2D eigenvalue weighted by atomic mass is 10.0. The van der Waals surface area contributed by atoms with E-state index in [0.29, 0.717) is 6.04 Å². The maximum Gasteiger partial charge on any atom is 0.321 e. The van der Waals surface area contributed by atoms with E-state index in [1.165, 1.54) is 21.8 Å². The number of anilines is 1. The summed E-state index contributed by atoms with van der Waals surface area (Å²) in [5.41, 5.74) is 6.07. The number of aliphatic hydroxyl groups is 1. The van der Waals surface area contributed by atoms with E-state index in [9.17, 15) is 9.90 Å². The molecule has 0 saturated carbocycles. The molecule has 0 fully saturated rings. The highest BCUT2D eigenvalue weighted by Gasteiger charge is 2.25. The van der Waals surface area contributed by atoms with Crippen LogP contribution in [0, 0.1) is 13.8 Å². The molecule has 4 rings (SSSR count). The minimum atomic E-state index is -0.768. The fourth-order valence-corrected chi connectivity index (χ4v) is 4.79. The van der Waals surface area contributed by atoms with Gasteiger partial charge in [0.05, 0.1) is 17.7 Å². The van der Waals surface area contributed by atoms with E-state index in [4.69, 9.17) is 0 Å². The Bertz CT molecular complexity index is 1310. The van der Waals surface area contributed by atoms with Gasteiger partial charge >= 0.3 is 6.03 Å². The summed E-state index contributed by atoms with van der Waals surface area (Å²) in [5.74, 6) is 0. The Morgan fingerprint density at radius 2 is 1.61 bits per heavy atom. The highest BCUT2D eigenvalue weighted by Crippen LogP contribution is 2.38. The molecule has 172 valence electrons. The van der Waals surface area contributed by atoms with Crippen LogP contribution in [0.5, 0.6) is 0 Å². The number of carbonyl (C=O) groups excluding carboxylic acids is 1. The van der Waals surface area contributed by atoms with E-state index in [2.05, 4.69) is 61.0 Å². The first-order valence-corrected chi connectivity index (χ1v) is 11.5. The molecule has 4 aromatic rings. The van der Waals surface area contributed by atoms with Gasteiger partial charge in [0.2, 0.25) is 0 Å². The maximum atomic E-state index is 13.2. The largest absolute Gasteiger partial charge is 0.386 e. The normalized spacial score (nSPS) is 13.5. The average molecular weight is 444 g/mol. The molecule has 2 atom stereocenters. The van der Waals surface area contributed by atoms with Gasteiger partial charge in [0.15, 0.2) is 0 Å². The van der Waals surface area contributed by atoms with E-state index in [-0.39, 0.29) is 12.1 Å². The summed E-state index contributed by atoms with van der Waals surface area (Å²) in [6.07, 6.45) is -0.768. The number of urea groups is 1. The molecule has 1 aromatic heterocycles. The molecule has 0 aliphatic carbocycles. The molecule has 0 bridgehead atoms. The SMILES string of the molecule is Cc1cc2c(c(C)c1NC(=O)N(C)[C@@H](C)[C@H](O)c1ccccc1)c1ccccc1n2C(C)C. The number of fused-ring (bicyclic) bond motifs is 3. The van der Waals surface area contributed by atoms with E-state index < -0.39 is 6.10 Å². The number of nitrogens with one attached hydrogen (secondary N) is 1. The van der Waals surface area contributed by atoms with Gasteiger partial charge in [-0.2, -0.15) is 0 Å². The zero-order valence-corrected chi connectivity index (χ0v) is 20.3. The lowest BCUT2D eigenvalue weighted by Gasteiger charge is -2.30. The number of hydrogen-bond acceptors (Lipinski definition) is 2. The van der Waals surface area contributed by atoms with Crippen molar-refractivity contribution < 1.29 is 9.90 Å². The van der Waals surface area contributed by atoms with Gasteiger partial charge in [-0.3, -0.25) is 0 Å². The van der Waals surface area contributed by atoms with Crippen molar-refractivity contribution in [3.05, 3.63) is 77.4 Å². The minimum Gasteiger partial charge on any atom is -0.386 e. The van der Waals surface area contributed by atoms with Crippen molar-refractivity contribution in [1.82, 2.24) is 9.47 Å². The maximum absolute atomic E-state index is 13.2. The molecule has 5 nitrogen and oxygen atoms in total. The van der Waals surface area contributed by atoms with Crippen LogP contribution in [0.4, 0.5) is 10.5 Å². The van der Waals surface area contributed by atoms with Crippen molar-refractivity contribution in [2.24, 2.45) is 0 Å². The van der Waals surface area contributed by atoms with Gasteiger partial charge in [0, 0.05) is 35.1 Å². The molecular formula is C28H33N3O2. The van der Waals surface area contributed by atoms with Gasteiger partial charge in [0.25, 0.3) is 0 Å². The average Bonchev–Trinajstić information content (AvgIpc) is 3.14. The van der Waals surface area contributed by atoms with Gasteiger partial charge in [-0.1, -0.05) is 48.5 Å². The first-order valence-electron chi connectivity index (χ1n) is 11.5. The van der Waals surface area contributed by atoms with Crippen LogP contribution in [0.1, 0.15) is 49.6 Å². The van der Waals surface area contributed by atoms with E-state index in [1.807, 2.05) is 44.2 Å². The molecule has 33 heavy (non-hydrogen) atoms. The van der Waals surface area contributed by atoms with Crippen LogP contribution in [0.15, 0.2) is 60.7 Å². The lowest BCUT2D eigenvalue weighted by molar-refractivity contribution is 0.0894. The Morgan fingerprint density at radius 3 is 2.27 bits per heavy atom. The number of aromatic nitrogens is 1. The van der Waals surface area contributed by atoms with Crippen molar-refractivity contribution in [2.75, 3.05) is 12.4 Å². The molecule has 5 heteroatoms. The molecule has 0 radical (unpaired) electrons. The standard InChI is InChI=1S/C28H33N3O2/c1-17(2)31-23-15-11-10-14-22(23)25-19(4)26(18(3)16-24(25)31)29-28(33)30(6)20(5)27(32)21-12-8-7-9-13-21/h7-17,20,27,32H,1-6H3,(H,29,33)/t20-,27-/m0/s1. The van der Waals surface area contributed by atoms with Crippen LogP contribution in [-0.4, -0.2) is 33.7 Å². The molecule has 1 heterocycles. The second kappa shape index (κ2) is 8.91. The number of para-hydroxylation sites is 1. The van der Waals surface area contributed by atoms with Crippen LogP contribution in [0.25, 0.3) is 21.8 Å². The minimum absolute atomic E-state index is 0.240. The van der Waals surface area contributed by atoms with Crippen molar-refractivity contribution in [3.8, 4) is 0 Å². The van der Waals surface area contributed by atoms with Crippen LogP contribution in [-0.2, 0) is 0 Å². The Kier molecular flexibility index (Phi) is 6.17. The number of carbonyl (C=O) groups is 1. The topological polar surface area (TPSA) is 57.5 Å². The van der Waals surface area contributed by atoms with E-state index in [0.717, 1.165) is 22.4 Å². The zero-order chi connectivity index (χ0) is 23.9. The van der Waals surface area contributed by atoms with Gasteiger partial charge in [0.1, 0.15) is 0 Å². The number of likely N-dealkylation sites (N-methyl/N-ethyl adjacent to an activating group) is 1.